The molecule has 1 aliphatic rings. The number of rotatable bonds is 3. The van der Waals surface area contributed by atoms with Gasteiger partial charge in [0.25, 0.3) is 0 Å². The Morgan fingerprint density at radius 3 is 2.89 bits per heavy atom. The normalized spacial score (nSPS) is 20.3. The van der Waals surface area contributed by atoms with Crippen LogP contribution in [0.1, 0.15) is 24.8 Å². The van der Waals surface area contributed by atoms with Gasteiger partial charge >= 0.3 is 0 Å². The molecule has 2 heteroatoms. The Hall–Kier alpha value is -1.38. The summed E-state index contributed by atoms with van der Waals surface area (Å²) < 4.78 is 5.51. The fourth-order valence-electron chi connectivity index (χ4n) is 2.81. The van der Waals surface area contributed by atoms with E-state index in [1.165, 1.54) is 29.2 Å². The van der Waals surface area contributed by atoms with Gasteiger partial charge in [-0.25, -0.2) is 0 Å². The molecule has 0 radical (unpaired) electrons. The van der Waals surface area contributed by atoms with Gasteiger partial charge in [0, 0.05) is 25.8 Å². The zero-order chi connectivity index (χ0) is 12.9. The Kier molecular flexibility index (Phi) is 4.11. The third-order valence-electron chi connectivity index (χ3n) is 3.91. The molecule has 2 nitrogen and oxygen atoms in total. The van der Waals surface area contributed by atoms with Crippen molar-refractivity contribution in [3.63, 3.8) is 0 Å². The van der Waals surface area contributed by atoms with Crippen LogP contribution in [0.25, 0.3) is 10.8 Å². The fraction of sp³-hybridized carbons (Fsp3) is 0.412. The molecule has 0 spiro atoms. The van der Waals surface area contributed by atoms with Crippen LogP contribution in [-0.4, -0.2) is 19.3 Å². The van der Waals surface area contributed by atoms with Crippen molar-refractivity contribution in [2.45, 2.75) is 31.8 Å². The number of ether oxygens (including phenoxy) is 1. The third-order valence-corrected chi connectivity index (χ3v) is 3.91. The van der Waals surface area contributed by atoms with Crippen molar-refractivity contribution in [1.82, 2.24) is 5.32 Å². The van der Waals surface area contributed by atoms with Gasteiger partial charge in [-0.2, -0.15) is 0 Å². The van der Waals surface area contributed by atoms with Crippen LogP contribution in [0, 0.1) is 0 Å². The fourth-order valence-corrected chi connectivity index (χ4v) is 2.81. The monoisotopic (exact) mass is 255 g/mol. The first kappa shape index (κ1) is 12.6. The van der Waals surface area contributed by atoms with Gasteiger partial charge in [-0.05, 0) is 35.6 Å². The van der Waals surface area contributed by atoms with Gasteiger partial charge in [0.15, 0.2) is 0 Å². The lowest BCUT2D eigenvalue weighted by Gasteiger charge is -2.16. The molecular formula is C17H21NO. The molecule has 2 aromatic carbocycles. The first-order valence-corrected chi connectivity index (χ1v) is 7.21. The van der Waals surface area contributed by atoms with Crippen LogP contribution >= 0.6 is 0 Å². The van der Waals surface area contributed by atoms with Crippen LogP contribution in [0.5, 0.6) is 0 Å². The average molecular weight is 255 g/mol. The van der Waals surface area contributed by atoms with Crippen LogP contribution in [0.3, 0.4) is 0 Å². The molecule has 0 aromatic heterocycles. The van der Waals surface area contributed by atoms with E-state index in [9.17, 15) is 0 Å². The second-order valence-corrected chi connectivity index (χ2v) is 5.26. The maximum atomic E-state index is 5.51. The van der Waals surface area contributed by atoms with Crippen LogP contribution < -0.4 is 5.32 Å². The summed E-state index contributed by atoms with van der Waals surface area (Å²) >= 11 is 0. The maximum absolute atomic E-state index is 5.51. The summed E-state index contributed by atoms with van der Waals surface area (Å²) in [4.78, 5) is 0. The van der Waals surface area contributed by atoms with E-state index in [4.69, 9.17) is 4.74 Å². The molecule has 19 heavy (non-hydrogen) atoms. The van der Waals surface area contributed by atoms with E-state index in [2.05, 4.69) is 47.8 Å². The van der Waals surface area contributed by atoms with E-state index in [-0.39, 0.29) is 0 Å². The molecule has 0 saturated carbocycles. The number of hydrogen-bond donors (Lipinski definition) is 1. The van der Waals surface area contributed by atoms with E-state index in [0.717, 1.165) is 26.2 Å². The number of fused-ring (bicyclic) bond motifs is 1. The van der Waals surface area contributed by atoms with Gasteiger partial charge in [0.05, 0.1) is 0 Å². The summed E-state index contributed by atoms with van der Waals surface area (Å²) in [5.41, 5.74) is 1.39. The number of nitrogens with one attached hydrogen (secondary N) is 1. The quantitative estimate of drug-likeness (QED) is 0.906. The Labute approximate surface area is 114 Å². The highest BCUT2D eigenvalue weighted by Gasteiger charge is 2.12. The molecule has 2 aromatic rings. The van der Waals surface area contributed by atoms with Gasteiger partial charge in [-0.15, -0.1) is 0 Å². The highest BCUT2D eigenvalue weighted by atomic mass is 16.5. The summed E-state index contributed by atoms with van der Waals surface area (Å²) in [7, 11) is 0. The van der Waals surface area contributed by atoms with E-state index >= 15 is 0 Å². The van der Waals surface area contributed by atoms with E-state index in [0.29, 0.717) is 6.04 Å². The largest absolute Gasteiger partial charge is 0.381 e. The molecule has 100 valence electrons. The zero-order valence-corrected chi connectivity index (χ0v) is 11.3. The smallest absolute Gasteiger partial charge is 0.0480 e. The predicted octanol–water partition coefficient (Wildman–Crippen LogP) is 3.50. The molecule has 1 unspecified atom stereocenters. The van der Waals surface area contributed by atoms with Crippen molar-refractivity contribution in [3.8, 4) is 0 Å². The third kappa shape index (κ3) is 3.14. The number of hydrogen-bond acceptors (Lipinski definition) is 2. The van der Waals surface area contributed by atoms with Crippen molar-refractivity contribution in [2.75, 3.05) is 13.2 Å². The zero-order valence-electron chi connectivity index (χ0n) is 11.3. The van der Waals surface area contributed by atoms with Crippen LogP contribution in [0.15, 0.2) is 42.5 Å². The minimum absolute atomic E-state index is 0.599. The first-order chi connectivity index (χ1) is 9.43. The van der Waals surface area contributed by atoms with Gasteiger partial charge in [-0.3, -0.25) is 0 Å². The molecule has 0 amide bonds. The Bertz CT molecular complexity index is 524. The van der Waals surface area contributed by atoms with Crippen LogP contribution in [0.4, 0.5) is 0 Å². The summed E-state index contributed by atoms with van der Waals surface area (Å²) in [6.45, 7) is 2.77. The highest BCUT2D eigenvalue weighted by Crippen LogP contribution is 2.19. The Morgan fingerprint density at radius 1 is 1.00 bits per heavy atom. The Morgan fingerprint density at radius 2 is 1.89 bits per heavy atom. The summed E-state index contributed by atoms with van der Waals surface area (Å²) in [5.74, 6) is 0. The van der Waals surface area contributed by atoms with Gasteiger partial charge in [0.1, 0.15) is 0 Å². The molecule has 3 rings (SSSR count). The average Bonchev–Trinajstić information content (AvgIpc) is 2.74. The lowest BCUT2D eigenvalue weighted by atomic mass is 10.0. The van der Waals surface area contributed by atoms with Gasteiger partial charge < -0.3 is 10.1 Å². The molecule has 1 N–H and O–H groups in total. The summed E-state index contributed by atoms with van der Waals surface area (Å²) in [6.07, 6.45) is 3.53. The standard InChI is InChI=1S/C17H21NO/c1-2-9-17-14(5-1)6-3-7-15(17)13-18-16-8-4-11-19-12-10-16/h1-3,5-7,9,16,18H,4,8,10-13H2. The lowest BCUT2D eigenvalue weighted by molar-refractivity contribution is 0.142. The lowest BCUT2D eigenvalue weighted by Crippen LogP contribution is -2.28. The van der Waals surface area contributed by atoms with E-state index in [1.54, 1.807) is 0 Å². The topological polar surface area (TPSA) is 21.3 Å². The molecular weight excluding hydrogens is 234 g/mol. The second kappa shape index (κ2) is 6.18. The van der Waals surface area contributed by atoms with Crippen LogP contribution in [0.2, 0.25) is 0 Å². The predicted molar refractivity (Wildman–Crippen MR) is 79.2 cm³/mol. The van der Waals surface area contributed by atoms with Crippen molar-refractivity contribution in [2.24, 2.45) is 0 Å². The molecule has 1 atom stereocenters. The van der Waals surface area contributed by atoms with Crippen molar-refractivity contribution >= 4 is 10.8 Å². The summed E-state index contributed by atoms with van der Waals surface area (Å²) in [5, 5.41) is 6.38. The minimum Gasteiger partial charge on any atom is -0.381 e. The van der Waals surface area contributed by atoms with Crippen molar-refractivity contribution < 1.29 is 4.74 Å². The highest BCUT2D eigenvalue weighted by molar-refractivity contribution is 5.85. The summed E-state index contributed by atoms with van der Waals surface area (Å²) in [6, 6.07) is 15.8. The molecule has 1 saturated heterocycles. The van der Waals surface area contributed by atoms with Crippen molar-refractivity contribution in [1.29, 1.82) is 0 Å². The SMILES string of the molecule is c1ccc2c(CNC3CCCOCC3)cccc2c1. The molecule has 1 fully saturated rings. The van der Waals surface area contributed by atoms with Gasteiger partial charge in [-0.1, -0.05) is 42.5 Å². The number of benzene rings is 2. The second-order valence-electron chi connectivity index (χ2n) is 5.26. The molecule has 1 aliphatic heterocycles. The van der Waals surface area contributed by atoms with E-state index < -0.39 is 0 Å². The first-order valence-electron chi connectivity index (χ1n) is 7.21. The Balaban J connectivity index is 1.71. The minimum atomic E-state index is 0.599. The van der Waals surface area contributed by atoms with Crippen LogP contribution in [-0.2, 0) is 11.3 Å². The van der Waals surface area contributed by atoms with Crippen molar-refractivity contribution in [3.05, 3.63) is 48.0 Å². The molecule has 1 heterocycles. The van der Waals surface area contributed by atoms with E-state index in [1.807, 2.05) is 0 Å². The van der Waals surface area contributed by atoms with Gasteiger partial charge in [0.2, 0.25) is 0 Å². The molecule has 0 bridgehead atoms. The maximum Gasteiger partial charge on any atom is 0.0480 e. The molecule has 0 aliphatic carbocycles.